The van der Waals surface area contributed by atoms with Gasteiger partial charge >= 0.3 is 6.01 Å². The Morgan fingerprint density at radius 2 is 2.11 bits per heavy atom. The number of oxazole rings is 1. The minimum atomic E-state index is -0.185. The molecule has 0 aromatic carbocycles. The fourth-order valence-electron chi connectivity index (χ4n) is 1.66. The molecule has 0 bridgehead atoms. The zero-order chi connectivity index (χ0) is 13.1. The molecule has 18 heavy (non-hydrogen) atoms. The number of carbonyl (C=O) groups excluding carboxylic acids is 2. The van der Waals surface area contributed by atoms with Gasteiger partial charge in [-0.15, -0.1) is 0 Å². The van der Waals surface area contributed by atoms with Crippen molar-refractivity contribution in [2.45, 2.75) is 26.7 Å². The van der Waals surface area contributed by atoms with Gasteiger partial charge < -0.3 is 9.32 Å². The Balaban J connectivity index is 2.00. The van der Waals surface area contributed by atoms with Gasteiger partial charge in [0.2, 0.25) is 5.91 Å². The highest BCUT2D eigenvalue weighted by Crippen LogP contribution is 2.30. The summed E-state index contributed by atoms with van der Waals surface area (Å²) in [5.74, 6) is -0.187. The third-order valence-corrected chi connectivity index (χ3v) is 2.95. The molecule has 1 fully saturated rings. The predicted molar refractivity (Wildman–Crippen MR) is 65.1 cm³/mol. The van der Waals surface area contributed by atoms with Crippen LogP contribution in [0.25, 0.3) is 0 Å². The number of carbonyl (C=O) groups is 2. The number of hydrogen-bond acceptors (Lipinski definition) is 4. The monoisotopic (exact) mass is 251 g/mol. The topological polar surface area (TPSA) is 75.4 Å². The van der Waals surface area contributed by atoms with E-state index in [0.29, 0.717) is 13.1 Å². The standard InChI is InChI=1S/C12H17N3O3/c1-3-15(4-2)11(17)9-7-18-12(13-9)14-10(16)8-5-6-8/h7-8H,3-6H2,1-2H3,(H,13,14,16). The summed E-state index contributed by atoms with van der Waals surface area (Å²) in [5.41, 5.74) is 0.227. The van der Waals surface area contributed by atoms with Crippen molar-refractivity contribution in [3.63, 3.8) is 0 Å². The lowest BCUT2D eigenvalue weighted by Gasteiger charge is -2.16. The maximum atomic E-state index is 11.9. The maximum Gasteiger partial charge on any atom is 0.302 e. The molecule has 98 valence electrons. The third-order valence-electron chi connectivity index (χ3n) is 2.95. The van der Waals surface area contributed by atoms with E-state index in [1.54, 1.807) is 4.90 Å². The van der Waals surface area contributed by atoms with Gasteiger partial charge in [0.1, 0.15) is 6.26 Å². The second-order valence-electron chi connectivity index (χ2n) is 4.28. The predicted octanol–water partition coefficient (Wildman–Crippen LogP) is 1.51. The van der Waals surface area contributed by atoms with Crippen LogP contribution in [-0.2, 0) is 4.79 Å². The first-order valence-corrected chi connectivity index (χ1v) is 6.21. The van der Waals surface area contributed by atoms with E-state index in [1.165, 1.54) is 6.26 Å². The highest BCUT2D eigenvalue weighted by molar-refractivity contribution is 5.94. The number of rotatable bonds is 5. The number of aromatic nitrogens is 1. The van der Waals surface area contributed by atoms with Gasteiger partial charge in [-0.25, -0.2) is 0 Å². The van der Waals surface area contributed by atoms with E-state index in [4.69, 9.17) is 4.42 Å². The van der Waals surface area contributed by atoms with Gasteiger partial charge in [0, 0.05) is 19.0 Å². The molecular formula is C12H17N3O3. The van der Waals surface area contributed by atoms with Crippen molar-refractivity contribution >= 4 is 17.8 Å². The number of anilines is 1. The van der Waals surface area contributed by atoms with Crippen LogP contribution in [0.2, 0.25) is 0 Å². The van der Waals surface area contributed by atoms with Crippen LogP contribution in [0.5, 0.6) is 0 Å². The van der Waals surface area contributed by atoms with Gasteiger partial charge in [-0.3, -0.25) is 14.9 Å². The summed E-state index contributed by atoms with van der Waals surface area (Å²) in [5, 5.41) is 2.57. The van der Waals surface area contributed by atoms with Crippen LogP contribution in [0, 0.1) is 5.92 Å². The molecule has 1 aromatic rings. The zero-order valence-electron chi connectivity index (χ0n) is 10.6. The minimum Gasteiger partial charge on any atom is -0.431 e. The first-order chi connectivity index (χ1) is 8.65. The Hall–Kier alpha value is -1.85. The molecule has 0 spiro atoms. The van der Waals surface area contributed by atoms with Crippen LogP contribution < -0.4 is 5.32 Å². The normalized spacial score (nSPS) is 14.3. The van der Waals surface area contributed by atoms with Crippen LogP contribution in [0.1, 0.15) is 37.2 Å². The third kappa shape index (κ3) is 2.69. The lowest BCUT2D eigenvalue weighted by atomic mass is 10.4. The van der Waals surface area contributed by atoms with Crippen LogP contribution in [0.3, 0.4) is 0 Å². The molecule has 6 nitrogen and oxygen atoms in total. The minimum absolute atomic E-state index is 0.0823. The van der Waals surface area contributed by atoms with E-state index in [9.17, 15) is 9.59 Å². The number of nitrogens with one attached hydrogen (secondary N) is 1. The van der Waals surface area contributed by atoms with E-state index < -0.39 is 0 Å². The Labute approximate surface area is 105 Å². The fraction of sp³-hybridized carbons (Fsp3) is 0.583. The van der Waals surface area contributed by atoms with Crippen molar-refractivity contribution in [1.29, 1.82) is 0 Å². The number of nitrogens with zero attached hydrogens (tertiary/aromatic N) is 2. The Kier molecular flexibility index (Phi) is 3.64. The number of amides is 2. The summed E-state index contributed by atoms with van der Waals surface area (Å²) >= 11 is 0. The summed E-state index contributed by atoms with van der Waals surface area (Å²) < 4.78 is 5.08. The Bertz CT molecular complexity index is 447. The molecular weight excluding hydrogens is 234 g/mol. The van der Waals surface area contributed by atoms with E-state index in [-0.39, 0.29) is 29.4 Å². The molecule has 0 atom stereocenters. The molecule has 1 aliphatic rings. The molecule has 1 saturated carbocycles. The second kappa shape index (κ2) is 5.20. The summed E-state index contributed by atoms with van der Waals surface area (Å²) in [7, 11) is 0. The van der Waals surface area contributed by atoms with Crippen molar-refractivity contribution in [3.8, 4) is 0 Å². The molecule has 1 heterocycles. The average Bonchev–Trinajstić information content (AvgIpc) is 3.12. The van der Waals surface area contributed by atoms with Crippen LogP contribution >= 0.6 is 0 Å². The molecule has 2 amide bonds. The largest absolute Gasteiger partial charge is 0.431 e. The van der Waals surface area contributed by atoms with Gasteiger partial charge in [-0.1, -0.05) is 0 Å². The van der Waals surface area contributed by atoms with Gasteiger partial charge in [0.15, 0.2) is 5.69 Å². The van der Waals surface area contributed by atoms with Crippen molar-refractivity contribution in [3.05, 3.63) is 12.0 Å². The molecule has 1 aliphatic carbocycles. The Morgan fingerprint density at radius 3 is 2.67 bits per heavy atom. The summed E-state index contributed by atoms with van der Waals surface area (Å²) in [6.07, 6.45) is 3.11. The van der Waals surface area contributed by atoms with Crippen LogP contribution in [0.4, 0.5) is 6.01 Å². The lowest BCUT2D eigenvalue weighted by molar-refractivity contribution is -0.117. The van der Waals surface area contributed by atoms with Crippen LogP contribution in [-0.4, -0.2) is 34.8 Å². The van der Waals surface area contributed by atoms with Crippen molar-refractivity contribution < 1.29 is 14.0 Å². The SMILES string of the molecule is CCN(CC)C(=O)c1coc(NC(=O)C2CC2)n1. The van der Waals surface area contributed by atoms with E-state index in [1.807, 2.05) is 13.8 Å². The zero-order valence-corrected chi connectivity index (χ0v) is 10.6. The lowest BCUT2D eigenvalue weighted by Crippen LogP contribution is -2.30. The van der Waals surface area contributed by atoms with E-state index >= 15 is 0 Å². The van der Waals surface area contributed by atoms with Crippen molar-refractivity contribution in [2.24, 2.45) is 5.92 Å². The summed E-state index contributed by atoms with van der Waals surface area (Å²) in [6.45, 7) is 5.03. The molecule has 0 saturated heterocycles. The molecule has 1 N–H and O–H groups in total. The Morgan fingerprint density at radius 1 is 1.44 bits per heavy atom. The van der Waals surface area contributed by atoms with Crippen molar-refractivity contribution in [2.75, 3.05) is 18.4 Å². The fourth-order valence-corrected chi connectivity index (χ4v) is 1.66. The molecule has 0 unspecified atom stereocenters. The first kappa shape index (κ1) is 12.6. The smallest absolute Gasteiger partial charge is 0.302 e. The maximum absolute atomic E-state index is 11.9. The molecule has 1 aromatic heterocycles. The highest BCUT2D eigenvalue weighted by Gasteiger charge is 2.30. The number of hydrogen-bond donors (Lipinski definition) is 1. The summed E-state index contributed by atoms with van der Waals surface area (Å²) in [4.78, 5) is 29.1. The second-order valence-corrected chi connectivity index (χ2v) is 4.28. The quantitative estimate of drug-likeness (QED) is 0.860. The van der Waals surface area contributed by atoms with E-state index in [0.717, 1.165) is 12.8 Å². The first-order valence-electron chi connectivity index (χ1n) is 6.21. The van der Waals surface area contributed by atoms with Gasteiger partial charge in [0.25, 0.3) is 5.91 Å². The molecule has 2 rings (SSSR count). The van der Waals surface area contributed by atoms with Crippen molar-refractivity contribution in [1.82, 2.24) is 9.88 Å². The van der Waals surface area contributed by atoms with Gasteiger partial charge in [0.05, 0.1) is 0 Å². The molecule has 0 radical (unpaired) electrons. The van der Waals surface area contributed by atoms with Crippen LogP contribution in [0.15, 0.2) is 10.7 Å². The molecule has 6 heteroatoms. The summed E-state index contributed by atoms with van der Waals surface area (Å²) in [6, 6.07) is 0.0995. The highest BCUT2D eigenvalue weighted by atomic mass is 16.4. The van der Waals surface area contributed by atoms with Gasteiger partial charge in [-0.2, -0.15) is 4.98 Å². The average molecular weight is 251 g/mol. The molecule has 0 aliphatic heterocycles. The van der Waals surface area contributed by atoms with Gasteiger partial charge in [-0.05, 0) is 26.7 Å². The van der Waals surface area contributed by atoms with E-state index in [2.05, 4.69) is 10.3 Å².